The number of benzene rings is 2. The molecule has 1 atom stereocenters. The van der Waals surface area contributed by atoms with Gasteiger partial charge in [0.05, 0.1) is 5.56 Å². The Morgan fingerprint density at radius 2 is 1.61 bits per heavy atom. The fourth-order valence-electron chi connectivity index (χ4n) is 3.35. The van der Waals surface area contributed by atoms with Gasteiger partial charge in [0.15, 0.2) is 18.2 Å². The Morgan fingerprint density at radius 3 is 2.29 bits per heavy atom. The van der Waals surface area contributed by atoms with Crippen molar-refractivity contribution in [1.29, 1.82) is 0 Å². The molecule has 144 valence electrons. The van der Waals surface area contributed by atoms with E-state index < -0.39 is 24.3 Å². The molecule has 0 radical (unpaired) electrons. The summed E-state index contributed by atoms with van der Waals surface area (Å²) in [6.45, 7) is 3.44. The molecule has 0 saturated carbocycles. The average molecular weight is 379 g/mol. The standard InChI is InChI=1S/C22H21NO5/c1-3-7-13(2)23-18(24)12-28-22(27)17-11-6-10-16-19(17)21(26)15-9-5-4-8-14(15)20(16)25/h4-6,8-11,13H,3,7,12H2,1-2H3,(H,23,24)/t13-/m0/s1. The summed E-state index contributed by atoms with van der Waals surface area (Å²) in [5, 5.41) is 2.74. The molecule has 0 fully saturated rings. The van der Waals surface area contributed by atoms with Crippen LogP contribution in [0.4, 0.5) is 0 Å². The van der Waals surface area contributed by atoms with Gasteiger partial charge in [-0.2, -0.15) is 0 Å². The van der Waals surface area contributed by atoms with E-state index in [0.29, 0.717) is 5.56 Å². The molecule has 0 spiro atoms. The molecule has 6 heteroatoms. The van der Waals surface area contributed by atoms with E-state index in [4.69, 9.17) is 4.74 Å². The van der Waals surface area contributed by atoms with E-state index in [-0.39, 0.29) is 34.1 Å². The van der Waals surface area contributed by atoms with Crippen LogP contribution in [0.15, 0.2) is 42.5 Å². The Hall–Kier alpha value is -3.28. The molecule has 28 heavy (non-hydrogen) atoms. The second kappa shape index (κ2) is 8.17. The van der Waals surface area contributed by atoms with Crippen molar-refractivity contribution in [1.82, 2.24) is 5.32 Å². The van der Waals surface area contributed by atoms with Gasteiger partial charge in [-0.05, 0) is 19.4 Å². The minimum atomic E-state index is -0.810. The van der Waals surface area contributed by atoms with Gasteiger partial charge in [0.1, 0.15) is 0 Å². The molecular formula is C22H21NO5. The van der Waals surface area contributed by atoms with E-state index in [1.807, 2.05) is 13.8 Å². The van der Waals surface area contributed by atoms with Crippen molar-refractivity contribution < 1.29 is 23.9 Å². The maximum atomic E-state index is 12.9. The number of rotatable bonds is 6. The summed E-state index contributed by atoms with van der Waals surface area (Å²) < 4.78 is 5.09. The summed E-state index contributed by atoms with van der Waals surface area (Å²) in [6.07, 6.45) is 1.75. The largest absolute Gasteiger partial charge is 0.452 e. The van der Waals surface area contributed by atoms with Crippen LogP contribution in [0.2, 0.25) is 0 Å². The van der Waals surface area contributed by atoms with Crippen molar-refractivity contribution in [2.45, 2.75) is 32.7 Å². The molecule has 2 aromatic carbocycles. The van der Waals surface area contributed by atoms with E-state index >= 15 is 0 Å². The molecule has 6 nitrogen and oxygen atoms in total. The Kier molecular flexibility index (Phi) is 5.68. The zero-order chi connectivity index (χ0) is 20.3. The fourth-order valence-corrected chi connectivity index (χ4v) is 3.35. The lowest BCUT2D eigenvalue weighted by atomic mass is 9.82. The molecule has 0 unspecified atom stereocenters. The molecule has 1 aliphatic carbocycles. The Morgan fingerprint density at radius 1 is 0.964 bits per heavy atom. The first-order valence-electron chi connectivity index (χ1n) is 9.22. The van der Waals surface area contributed by atoms with E-state index in [9.17, 15) is 19.2 Å². The Balaban J connectivity index is 1.81. The highest BCUT2D eigenvalue weighted by atomic mass is 16.5. The summed E-state index contributed by atoms with van der Waals surface area (Å²) in [5.74, 6) is -1.94. The smallest absolute Gasteiger partial charge is 0.339 e. The van der Waals surface area contributed by atoms with Crippen molar-refractivity contribution in [3.05, 3.63) is 70.3 Å². The van der Waals surface area contributed by atoms with Gasteiger partial charge in [-0.15, -0.1) is 0 Å². The van der Waals surface area contributed by atoms with Crippen LogP contribution in [-0.2, 0) is 9.53 Å². The second-order valence-corrected chi connectivity index (χ2v) is 6.77. The summed E-state index contributed by atoms with van der Waals surface area (Å²) in [6, 6.07) is 10.9. The molecule has 0 saturated heterocycles. The van der Waals surface area contributed by atoms with E-state index in [2.05, 4.69) is 5.32 Å². The normalized spacial score (nSPS) is 13.4. The van der Waals surface area contributed by atoms with Crippen molar-refractivity contribution in [2.24, 2.45) is 0 Å². The van der Waals surface area contributed by atoms with Crippen molar-refractivity contribution in [3.8, 4) is 0 Å². The third-order valence-corrected chi connectivity index (χ3v) is 4.64. The monoisotopic (exact) mass is 379 g/mol. The predicted molar refractivity (Wildman–Crippen MR) is 103 cm³/mol. The van der Waals surface area contributed by atoms with Crippen molar-refractivity contribution in [3.63, 3.8) is 0 Å². The number of carbonyl (C=O) groups is 4. The highest BCUT2D eigenvalue weighted by Gasteiger charge is 2.33. The van der Waals surface area contributed by atoms with Crippen LogP contribution in [0.25, 0.3) is 0 Å². The van der Waals surface area contributed by atoms with Gasteiger partial charge >= 0.3 is 5.97 Å². The van der Waals surface area contributed by atoms with Crippen LogP contribution in [0.3, 0.4) is 0 Å². The highest BCUT2D eigenvalue weighted by Crippen LogP contribution is 2.29. The van der Waals surface area contributed by atoms with Crippen LogP contribution < -0.4 is 5.32 Å². The lowest BCUT2D eigenvalue weighted by molar-refractivity contribution is -0.124. The highest BCUT2D eigenvalue weighted by molar-refractivity contribution is 6.30. The van der Waals surface area contributed by atoms with Gasteiger partial charge < -0.3 is 10.1 Å². The average Bonchev–Trinajstić information content (AvgIpc) is 2.69. The van der Waals surface area contributed by atoms with Gasteiger partial charge in [0.2, 0.25) is 0 Å². The third-order valence-electron chi connectivity index (χ3n) is 4.64. The van der Waals surface area contributed by atoms with E-state index in [1.165, 1.54) is 18.2 Å². The molecular weight excluding hydrogens is 358 g/mol. The van der Waals surface area contributed by atoms with Gasteiger partial charge in [-0.3, -0.25) is 14.4 Å². The maximum absolute atomic E-state index is 12.9. The quantitative estimate of drug-likeness (QED) is 0.665. The minimum absolute atomic E-state index is 0.0141. The number of ether oxygens (including phenoxy) is 1. The number of carbonyl (C=O) groups excluding carboxylic acids is 4. The molecule has 1 N–H and O–H groups in total. The third kappa shape index (κ3) is 3.71. The number of ketones is 2. The molecule has 0 heterocycles. The Labute approximate surface area is 162 Å². The number of esters is 1. The molecule has 0 bridgehead atoms. The van der Waals surface area contributed by atoms with Crippen molar-refractivity contribution >= 4 is 23.4 Å². The SMILES string of the molecule is CCC[C@H](C)NC(=O)COC(=O)c1cccc2c1C(=O)c1ccccc1C2=O. The van der Waals surface area contributed by atoms with Gasteiger partial charge in [0.25, 0.3) is 5.91 Å². The number of hydrogen-bond donors (Lipinski definition) is 1. The number of hydrogen-bond acceptors (Lipinski definition) is 5. The van der Waals surface area contributed by atoms with Crippen LogP contribution in [-0.4, -0.2) is 36.1 Å². The van der Waals surface area contributed by atoms with Crippen LogP contribution in [0.1, 0.15) is 68.9 Å². The summed E-state index contributed by atoms with van der Waals surface area (Å²) in [4.78, 5) is 50.1. The minimum Gasteiger partial charge on any atom is -0.452 e. The lowest BCUT2D eigenvalue weighted by Crippen LogP contribution is -2.36. The molecule has 3 rings (SSSR count). The zero-order valence-corrected chi connectivity index (χ0v) is 15.8. The van der Waals surface area contributed by atoms with Crippen LogP contribution in [0, 0.1) is 0 Å². The molecule has 1 amide bonds. The van der Waals surface area contributed by atoms with Gasteiger partial charge in [-0.25, -0.2) is 4.79 Å². The number of amides is 1. The lowest BCUT2D eigenvalue weighted by Gasteiger charge is -2.19. The molecule has 0 aromatic heterocycles. The summed E-state index contributed by atoms with van der Waals surface area (Å²) >= 11 is 0. The molecule has 1 aliphatic rings. The van der Waals surface area contributed by atoms with E-state index in [1.54, 1.807) is 24.3 Å². The zero-order valence-electron chi connectivity index (χ0n) is 15.8. The van der Waals surface area contributed by atoms with Crippen molar-refractivity contribution in [2.75, 3.05) is 6.61 Å². The first-order valence-corrected chi connectivity index (χ1v) is 9.22. The predicted octanol–water partition coefficient (Wildman–Crippen LogP) is 2.92. The molecule has 0 aliphatic heterocycles. The van der Waals surface area contributed by atoms with Crippen LogP contribution in [0.5, 0.6) is 0 Å². The summed E-state index contributed by atoms with van der Waals surface area (Å²) in [5.41, 5.74) is 0.746. The summed E-state index contributed by atoms with van der Waals surface area (Å²) in [7, 11) is 0. The second-order valence-electron chi connectivity index (χ2n) is 6.77. The number of nitrogens with one attached hydrogen (secondary N) is 1. The fraction of sp³-hybridized carbons (Fsp3) is 0.273. The maximum Gasteiger partial charge on any atom is 0.339 e. The van der Waals surface area contributed by atoms with Gasteiger partial charge in [0, 0.05) is 28.3 Å². The Bertz CT molecular complexity index is 963. The van der Waals surface area contributed by atoms with E-state index in [0.717, 1.165) is 12.8 Å². The first-order chi connectivity index (χ1) is 13.4. The topological polar surface area (TPSA) is 89.5 Å². The number of fused-ring (bicyclic) bond motifs is 2. The van der Waals surface area contributed by atoms with Crippen LogP contribution >= 0.6 is 0 Å². The molecule has 2 aromatic rings. The first kappa shape index (κ1) is 19.5. The van der Waals surface area contributed by atoms with Gasteiger partial charge in [-0.1, -0.05) is 49.7 Å².